The van der Waals surface area contributed by atoms with Gasteiger partial charge in [-0.05, 0) is 49.1 Å². The molecule has 1 aliphatic carbocycles. The number of hydrogen-bond donors (Lipinski definition) is 0. The molecule has 2 aromatic rings. The SMILES string of the molecule is Cc1noc(C2CCCN(C(=O)C3(c4ccc(C(C)(C)C)cc4)CC3)C2)n1. The number of aryl methyl sites for hydroxylation is 1. The van der Waals surface area contributed by atoms with Crippen LogP contribution in [0.15, 0.2) is 28.8 Å². The van der Waals surface area contributed by atoms with Crippen LogP contribution in [-0.2, 0) is 15.6 Å². The number of amides is 1. The molecule has 5 heteroatoms. The van der Waals surface area contributed by atoms with Crippen molar-refractivity contribution in [2.75, 3.05) is 13.1 Å². The lowest BCUT2D eigenvalue weighted by molar-refractivity contribution is -0.135. The van der Waals surface area contributed by atoms with Crippen molar-refractivity contribution in [1.82, 2.24) is 15.0 Å². The van der Waals surface area contributed by atoms with Gasteiger partial charge in [-0.25, -0.2) is 0 Å². The summed E-state index contributed by atoms with van der Waals surface area (Å²) in [5.74, 6) is 1.75. The molecule has 1 aliphatic heterocycles. The zero-order valence-corrected chi connectivity index (χ0v) is 16.8. The molecule has 2 fully saturated rings. The van der Waals surface area contributed by atoms with Gasteiger partial charge in [0.15, 0.2) is 5.82 Å². The quantitative estimate of drug-likeness (QED) is 0.819. The fourth-order valence-corrected chi connectivity index (χ4v) is 4.19. The molecule has 1 aromatic heterocycles. The summed E-state index contributed by atoms with van der Waals surface area (Å²) in [6.07, 6.45) is 3.87. The monoisotopic (exact) mass is 367 g/mol. The molecule has 0 radical (unpaired) electrons. The Morgan fingerprint density at radius 3 is 2.48 bits per heavy atom. The zero-order valence-electron chi connectivity index (χ0n) is 16.8. The van der Waals surface area contributed by atoms with Crippen molar-refractivity contribution in [1.29, 1.82) is 0 Å². The Morgan fingerprint density at radius 1 is 1.22 bits per heavy atom. The molecule has 1 unspecified atom stereocenters. The van der Waals surface area contributed by atoms with Crippen molar-refractivity contribution in [3.63, 3.8) is 0 Å². The molecule has 1 aromatic carbocycles. The lowest BCUT2D eigenvalue weighted by Crippen LogP contribution is -2.44. The summed E-state index contributed by atoms with van der Waals surface area (Å²) in [6.45, 7) is 9.99. The van der Waals surface area contributed by atoms with Crippen molar-refractivity contribution in [3.05, 3.63) is 47.1 Å². The van der Waals surface area contributed by atoms with E-state index in [4.69, 9.17) is 4.52 Å². The topological polar surface area (TPSA) is 59.2 Å². The second-order valence-corrected chi connectivity index (χ2v) is 9.18. The molecule has 0 spiro atoms. The van der Waals surface area contributed by atoms with Crippen molar-refractivity contribution >= 4 is 5.91 Å². The first-order valence-electron chi connectivity index (χ1n) is 10.0. The Morgan fingerprint density at radius 2 is 1.93 bits per heavy atom. The molecule has 2 aliphatic rings. The van der Waals surface area contributed by atoms with Gasteiger partial charge < -0.3 is 9.42 Å². The van der Waals surface area contributed by atoms with Crippen LogP contribution in [0.25, 0.3) is 0 Å². The van der Waals surface area contributed by atoms with E-state index >= 15 is 0 Å². The minimum absolute atomic E-state index is 0.127. The predicted octanol–water partition coefficient (Wildman–Crippen LogP) is 4.11. The van der Waals surface area contributed by atoms with Crippen molar-refractivity contribution in [2.45, 2.75) is 70.1 Å². The minimum Gasteiger partial charge on any atom is -0.341 e. The Kier molecular flexibility index (Phi) is 4.36. The number of carbonyl (C=O) groups excluding carboxylic acids is 1. The fraction of sp³-hybridized carbons (Fsp3) is 0.591. The molecule has 5 nitrogen and oxygen atoms in total. The third-order valence-electron chi connectivity index (χ3n) is 6.06. The summed E-state index contributed by atoms with van der Waals surface area (Å²) >= 11 is 0. The highest BCUT2D eigenvalue weighted by Gasteiger charge is 2.53. The van der Waals surface area contributed by atoms with Crippen molar-refractivity contribution < 1.29 is 9.32 Å². The second kappa shape index (κ2) is 6.47. The van der Waals surface area contributed by atoms with Gasteiger partial charge in [-0.2, -0.15) is 4.98 Å². The molecule has 0 bridgehead atoms. The first-order chi connectivity index (χ1) is 12.8. The maximum Gasteiger partial charge on any atom is 0.233 e. The first-order valence-corrected chi connectivity index (χ1v) is 10.0. The Hall–Kier alpha value is -2.17. The normalized spacial score (nSPS) is 21.9. The molecule has 0 N–H and O–H groups in total. The number of carbonyl (C=O) groups is 1. The molecule has 1 amide bonds. The molecule has 2 heterocycles. The summed E-state index contributed by atoms with van der Waals surface area (Å²) in [7, 11) is 0. The Balaban J connectivity index is 1.51. The Labute approximate surface area is 161 Å². The number of hydrogen-bond acceptors (Lipinski definition) is 4. The first kappa shape index (κ1) is 18.2. The summed E-state index contributed by atoms with van der Waals surface area (Å²) in [4.78, 5) is 19.8. The van der Waals surface area contributed by atoms with E-state index in [0.717, 1.165) is 37.8 Å². The highest BCUT2D eigenvalue weighted by Crippen LogP contribution is 2.50. The van der Waals surface area contributed by atoms with Crippen LogP contribution < -0.4 is 0 Å². The van der Waals surface area contributed by atoms with E-state index in [1.165, 1.54) is 5.56 Å². The van der Waals surface area contributed by atoms with E-state index in [9.17, 15) is 4.79 Å². The van der Waals surface area contributed by atoms with Gasteiger partial charge in [0.2, 0.25) is 11.8 Å². The van der Waals surface area contributed by atoms with Gasteiger partial charge in [0.25, 0.3) is 0 Å². The molecular weight excluding hydrogens is 338 g/mol. The summed E-state index contributed by atoms with van der Waals surface area (Å²) in [6, 6.07) is 8.69. The van der Waals surface area contributed by atoms with Gasteiger partial charge in [0.1, 0.15) is 0 Å². The third kappa shape index (κ3) is 3.40. The number of aromatic nitrogens is 2. The summed E-state index contributed by atoms with van der Waals surface area (Å²) in [5, 5.41) is 3.91. The lowest BCUT2D eigenvalue weighted by atomic mass is 9.84. The fourth-order valence-electron chi connectivity index (χ4n) is 4.19. The molecule has 1 saturated heterocycles. The van der Waals surface area contributed by atoms with E-state index in [2.05, 4.69) is 55.2 Å². The van der Waals surface area contributed by atoms with Crippen molar-refractivity contribution in [3.8, 4) is 0 Å². The number of nitrogens with zero attached hydrogens (tertiary/aromatic N) is 3. The summed E-state index contributed by atoms with van der Waals surface area (Å²) in [5.41, 5.74) is 2.28. The van der Waals surface area contributed by atoms with Crippen LogP contribution in [-0.4, -0.2) is 34.0 Å². The molecule has 4 rings (SSSR count). The second-order valence-electron chi connectivity index (χ2n) is 9.18. The molecule has 27 heavy (non-hydrogen) atoms. The van der Waals surface area contributed by atoms with Gasteiger partial charge in [-0.3, -0.25) is 4.79 Å². The highest BCUT2D eigenvalue weighted by molar-refractivity contribution is 5.91. The van der Waals surface area contributed by atoms with Crippen LogP contribution in [0.4, 0.5) is 0 Å². The Bertz CT molecular complexity index is 828. The van der Waals surface area contributed by atoms with E-state index in [0.29, 0.717) is 18.3 Å². The lowest BCUT2D eigenvalue weighted by Gasteiger charge is -2.34. The average Bonchev–Trinajstić information content (AvgIpc) is 3.35. The van der Waals surface area contributed by atoms with E-state index in [-0.39, 0.29) is 22.7 Å². The van der Waals surface area contributed by atoms with Crippen LogP contribution >= 0.6 is 0 Å². The van der Waals surface area contributed by atoms with Crippen LogP contribution in [0.2, 0.25) is 0 Å². The van der Waals surface area contributed by atoms with E-state index in [1.54, 1.807) is 0 Å². The zero-order chi connectivity index (χ0) is 19.2. The minimum atomic E-state index is -0.316. The third-order valence-corrected chi connectivity index (χ3v) is 6.06. The van der Waals surface area contributed by atoms with Crippen LogP contribution in [0, 0.1) is 6.92 Å². The van der Waals surface area contributed by atoms with Crippen LogP contribution in [0.5, 0.6) is 0 Å². The number of piperidine rings is 1. The van der Waals surface area contributed by atoms with Crippen LogP contribution in [0.3, 0.4) is 0 Å². The van der Waals surface area contributed by atoms with E-state index in [1.807, 2.05) is 11.8 Å². The maximum absolute atomic E-state index is 13.4. The predicted molar refractivity (Wildman–Crippen MR) is 104 cm³/mol. The van der Waals surface area contributed by atoms with Gasteiger partial charge >= 0.3 is 0 Å². The largest absolute Gasteiger partial charge is 0.341 e. The number of rotatable bonds is 3. The smallest absolute Gasteiger partial charge is 0.233 e. The van der Waals surface area contributed by atoms with E-state index < -0.39 is 0 Å². The van der Waals surface area contributed by atoms with Crippen LogP contribution in [0.1, 0.15) is 75.2 Å². The molecule has 144 valence electrons. The summed E-state index contributed by atoms with van der Waals surface area (Å²) < 4.78 is 5.36. The van der Waals surface area contributed by atoms with Gasteiger partial charge in [-0.1, -0.05) is 50.2 Å². The molecule has 1 saturated carbocycles. The van der Waals surface area contributed by atoms with Gasteiger partial charge in [0, 0.05) is 13.1 Å². The molecule has 1 atom stereocenters. The number of likely N-dealkylation sites (tertiary alicyclic amines) is 1. The molecular formula is C22H29N3O2. The van der Waals surface area contributed by atoms with Crippen molar-refractivity contribution in [2.24, 2.45) is 0 Å². The van der Waals surface area contributed by atoms with Gasteiger partial charge in [0.05, 0.1) is 11.3 Å². The number of benzene rings is 1. The standard InChI is InChI=1S/C22H29N3O2/c1-15-23-19(27-24-15)16-6-5-13-25(14-16)20(26)22(11-12-22)18-9-7-17(8-10-18)21(2,3)4/h7-10,16H,5-6,11-14H2,1-4H3. The highest BCUT2D eigenvalue weighted by atomic mass is 16.5. The average molecular weight is 367 g/mol. The maximum atomic E-state index is 13.4. The van der Waals surface area contributed by atoms with Gasteiger partial charge in [-0.15, -0.1) is 0 Å².